The van der Waals surface area contributed by atoms with Gasteiger partial charge in [-0.3, -0.25) is 0 Å². The van der Waals surface area contributed by atoms with E-state index in [1.807, 2.05) is 24.3 Å². The molecule has 0 radical (unpaired) electrons. The molecule has 3 rings (SSSR count). The number of aromatic carboxylic acids is 1. The van der Waals surface area contributed by atoms with Crippen molar-refractivity contribution in [3.8, 4) is 11.4 Å². The molecule has 3 aromatic rings. The van der Waals surface area contributed by atoms with Crippen LogP contribution in [-0.4, -0.2) is 28.0 Å². The van der Waals surface area contributed by atoms with Gasteiger partial charge in [0.25, 0.3) is 0 Å². The molecule has 0 spiro atoms. The summed E-state index contributed by atoms with van der Waals surface area (Å²) >= 11 is 6.38. The number of hydrogen-bond donors (Lipinski definition) is 2. The Morgan fingerprint density at radius 2 is 1.89 bits per heavy atom. The van der Waals surface area contributed by atoms with Crippen molar-refractivity contribution in [3.05, 3.63) is 64.8 Å². The van der Waals surface area contributed by atoms with Crippen LogP contribution in [0.3, 0.4) is 0 Å². The van der Waals surface area contributed by atoms with Crippen molar-refractivity contribution in [2.75, 3.05) is 12.4 Å². The summed E-state index contributed by atoms with van der Waals surface area (Å²) in [5.74, 6) is 0.0323. The Bertz CT molecular complexity index is 1020. The Morgan fingerprint density at radius 3 is 2.50 bits per heavy atom. The number of aromatic nitrogens is 2. The standard InChI is InChI=1S/C21H22ClN3O3/c1-21(2,3)18-12-19(25(24-18)17-8-6-5-7-15(17)22)23-16-10-9-13(28-4)11-14(16)20(26)27/h5-12,23H,1-4H3,(H,26,27). The number of nitrogens with zero attached hydrogens (tertiary/aromatic N) is 2. The average molecular weight is 400 g/mol. The number of carboxylic acid groups (broad SMARTS) is 1. The molecule has 0 bridgehead atoms. The zero-order valence-electron chi connectivity index (χ0n) is 16.2. The summed E-state index contributed by atoms with van der Waals surface area (Å²) in [6.45, 7) is 6.18. The maximum absolute atomic E-state index is 11.7. The number of hydrogen-bond acceptors (Lipinski definition) is 4. The molecular formula is C21H22ClN3O3. The molecule has 0 fully saturated rings. The predicted molar refractivity (Wildman–Crippen MR) is 111 cm³/mol. The van der Waals surface area contributed by atoms with E-state index >= 15 is 0 Å². The van der Waals surface area contributed by atoms with E-state index in [0.717, 1.165) is 5.69 Å². The molecule has 28 heavy (non-hydrogen) atoms. The van der Waals surface area contributed by atoms with Gasteiger partial charge in [0.1, 0.15) is 11.6 Å². The largest absolute Gasteiger partial charge is 0.497 e. The molecule has 2 aromatic carbocycles. The van der Waals surface area contributed by atoms with E-state index in [-0.39, 0.29) is 11.0 Å². The lowest BCUT2D eigenvalue weighted by molar-refractivity contribution is 0.0697. The zero-order valence-corrected chi connectivity index (χ0v) is 16.9. The first-order chi connectivity index (χ1) is 13.2. The molecule has 0 atom stereocenters. The van der Waals surface area contributed by atoms with E-state index in [4.69, 9.17) is 21.4 Å². The lowest BCUT2D eigenvalue weighted by Crippen LogP contribution is -2.12. The molecule has 1 aromatic heterocycles. The van der Waals surface area contributed by atoms with Crippen LogP contribution in [0.15, 0.2) is 48.5 Å². The molecule has 0 amide bonds. The van der Waals surface area contributed by atoms with Crippen LogP contribution in [-0.2, 0) is 5.41 Å². The first kappa shape index (κ1) is 19.8. The van der Waals surface area contributed by atoms with Gasteiger partial charge >= 0.3 is 5.97 Å². The molecule has 0 aliphatic rings. The molecule has 0 aliphatic heterocycles. The van der Waals surface area contributed by atoms with Gasteiger partial charge in [0, 0.05) is 11.5 Å². The number of methoxy groups -OCH3 is 1. The minimum atomic E-state index is -1.05. The van der Waals surface area contributed by atoms with Crippen molar-refractivity contribution in [1.29, 1.82) is 0 Å². The van der Waals surface area contributed by atoms with Crippen molar-refractivity contribution in [2.45, 2.75) is 26.2 Å². The predicted octanol–water partition coefficient (Wildman–Crippen LogP) is 5.27. The number of para-hydroxylation sites is 1. The van der Waals surface area contributed by atoms with E-state index in [1.165, 1.54) is 13.2 Å². The second kappa shape index (κ2) is 7.56. The highest BCUT2D eigenvalue weighted by Crippen LogP contribution is 2.32. The Hall–Kier alpha value is -2.99. The van der Waals surface area contributed by atoms with Gasteiger partial charge in [0.15, 0.2) is 0 Å². The molecule has 0 saturated heterocycles. The van der Waals surface area contributed by atoms with Gasteiger partial charge in [-0.05, 0) is 30.3 Å². The summed E-state index contributed by atoms with van der Waals surface area (Å²) in [7, 11) is 1.50. The van der Waals surface area contributed by atoms with Gasteiger partial charge in [0.2, 0.25) is 0 Å². The van der Waals surface area contributed by atoms with Crippen molar-refractivity contribution in [1.82, 2.24) is 9.78 Å². The normalized spacial score (nSPS) is 11.3. The van der Waals surface area contributed by atoms with Crippen LogP contribution in [0.5, 0.6) is 5.75 Å². The number of carbonyl (C=O) groups is 1. The number of carboxylic acids is 1. The quantitative estimate of drug-likeness (QED) is 0.610. The summed E-state index contributed by atoms with van der Waals surface area (Å²) in [4.78, 5) is 11.7. The lowest BCUT2D eigenvalue weighted by Gasteiger charge is -2.14. The molecule has 146 valence electrons. The molecule has 1 heterocycles. The van der Waals surface area contributed by atoms with Crippen LogP contribution in [0, 0.1) is 0 Å². The highest BCUT2D eigenvalue weighted by Gasteiger charge is 2.22. The molecule has 6 nitrogen and oxygen atoms in total. The van der Waals surface area contributed by atoms with Gasteiger partial charge in [-0.15, -0.1) is 0 Å². The Labute approximate surface area is 168 Å². The number of rotatable bonds is 5. The molecule has 0 saturated carbocycles. The first-order valence-corrected chi connectivity index (χ1v) is 9.12. The summed E-state index contributed by atoms with van der Waals surface area (Å²) in [5, 5.41) is 18.0. The molecule has 2 N–H and O–H groups in total. The maximum atomic E-state index is 11.7. The van der Waals surface area contributed by atoms with Crippen LogP contribution < -0.4 is 10.1 Å². The van der Waals surface area contributed by atoms with E-state index in [9.17, 15) is 9.90 Å². The van der Waals surface area contributed by atoms with Crippen LogP contribution in [0.25, 0.3) is 5.69 Å². The highest BCUT2D eigenvalue weighted by molar-refractivity contribution is 6.32. The van der Waals surface area contributed by atoms with Gasteiger partial charge in [-0.25, -0.2) is 9.48 Å². The fraction of sp³-hybridized carbons (Fsp3) is 0.238. The summed E-state index contributed by atoms with van der Waals surface area (Å²) in [6.07, 6.45) is 0. The second-order valence-corrected chi connectivity index (χ2v) is 7.78. The third-order valence-corrected chi connectivity index (χ3v) is 4.60. The zero-order chi connectivity index (χ0) is 20.5. The Morgan fingerprint density at radius 1 is 1.18 bits per heavy atom. The van der Waals surface area contributed by atoms with E-state index < -0.39 is 5.97 Å². The van der Waals surface area contributed by atoms with Crippen LogP contribution in [0.1, 0.15) is 36.8 Å². The van der Waals surface area contributed by atoms with E-state index in [1.54, 1.807) is 22.9 Å². The van der Waals surface area contributed by atoms with Gasteiger partial charge in [-0.2, -0.15) is 5.10 Å². The molecule has 7 heteroatoms. The average Bonchev–Trinajstić information content (AvgIpc) is 3.06. The topological polar surface area (TPSA) is 76.4 Å². The van der Waals surface area contributed by atoms with E-state index in [0.29, 0.717) is 28.0 Å². The van der Waals surface area contributed by atoms with Crippen LogP contribution in [0.2, 0.25) is 5.02 Å². The monoisotopic (exact) mass is 399 g/mol. The number of nitrogens with one attached hydrogen (secondary N) is 1. The lowest BCUT2D eigenvalue weighted by atomic mass is 9.92. The third-order valence-electron chi connectivity index (χ3n) is 4.28. The molecule has 0 unspecified atom stereocenters. The number of anilines is 2. The third kappa shape index (κ3) is 3.97. The van der Waals surface area contributed by atoms with E-state index in [2.05, 4.69) is 26.1 Å². The maximum Gasteiger partial charge on any atom is 0.337 e. The van der Waals surface area contributed by atoms with Gasteiger partial charge in [0.05, 0.1) is 34.8 Å². The Balaban J connectivity index is 2.13. The van der Waals surface area contributed by atoms with Crippen LogP contribution >= 0.6 is 11.6 Å². The highest BCUT2D eigenvalue weighted by atomic mass is 35.5. The molecular weight excluding hydrogens is 378 g/mol. The minimum absolute atomic E-state index is 0.101. The molecule has 0 aliphatic carbocycles. The second-order valence-electron chi connectivity index (χ2n) is 7.37. The summed E-state index contributed by atoms with van der Waals surface area (Å²) in [5.41, 5.74) is 1.89. The fourth-order valence-electron chi connectivity index (χ4n) is 2.72. The fourth-order valence-corrected chi connectivity index (χ4v) is 2.93. The van der Waals surface area contributed by atoms with Crippen molar-refractivity contribution < 1.29 is 14.6 Å². The van der Waals surface area contributed by atoms with Crippen LogP contribution in [0.4, 0.5) is 11.5 Å². The summed E-state index contributed by atoms with van der Waals surface area (Å²) < 4.78 is 6.83. The van der Waals surface area contributed by atoms with Crippen molar-refractivity contribution in [2.24, 2.45) is 0 Å². The van der Waals surface area contributed by atoms with Crippen molar-refractivity contribution >= 4 is 29.1 Å². The van der Waals surface area contributed by atoms with Gasteiger partial charge < -0.3 is 15.2 Å². The minimum Gasteiger partial charge on any atom is -0.497 e. The number of benzene rings is 2. The smallest absolute Gasteiger partial charge is 0.337 e. The number of halogens is 1. The number of ether oxygens (including phenoxy) is 1. The Kier molecular flexibility index (Phi) is 5.34. The van der Waals surface area contributed by atoms with Crippen molar-refractivity contribution in [3.63, 3.8) is 0 Å². The first-order valence-electron chi connectivity index (χ1n) is 8.74. The van der Waals surface area contributed by atoms with Gasteiger partial charge in [-0.1, -0.05) is 44.5 Å². The summed E-state index contributed by atoms with van der Waals surface area (Å²) in [6, 6.07) is 14.1. The SMILES string of the molecule is COc1ccc(Nc2cc(C(C)(C)C)nn2-c2ccccc2Cl)c(C(=O)O)c1.